The summed E-state index contributed by atoms with van der Waals surface area (Å²) < 4.78 is 0. The number of hydrogen-bond donors (Lipinski definition) is 2. The van der Waals surface area contributed by atoms with Crippen LogP contribution in [0.3, 0.4) is 0 Å². The van der Waals surface area contributed by atoms with Gasteiger partial charge in [0.05, 0.1) is 17.5 Å². The Labute approximate surface area is 140 Å². The first-order chi connectivity index (χ1) is 11.2. The topological polar surface area (TPSA) is 87.0 Å². The Hall–Kier alpha value is -2.06. The van der Waals surface area contributed by atoms with Crippen LogP contribution in [-0.4, -0.2) is 38.8 Å². The lowest BCUT2D eigenvalue weighted by atomic mass is 10.2. The van der Waals surface area contributed by atoms with E-state index in [-0.39, 0.29) is 5.50 Å². The van der Waals surface area contributed by atoms with Crippen molar-refractivity contribution in [3.05, 3.63) is 35.1 Å². The molecule has 1 aliphatic heterocycles. The number of anilines is 2. The van der Waals surface area contributed by atoms with Crippen LogP contribution in [-0.2, 0) is 0 Å². The molecule has 3 rings (SSSR count). The van der Waals surface area contributed by atoms with Crippen molar-refractivity contribution in [3.63, 3.8) is 0 Å². The van der Waals surface area contributed by atoms with Gasteiger partial charge in [-0.3, -0.25) is 10.00 Å². The summed E-state index contributed by atoms with van der Waals surface area (Å²) in [4.78, 5) is 13.1. The summed E-state index contributed by atoms with van der Waals surface area (Å²) in [6, 6.07) is 1.88. The summed E-state index contributed by atoms with van der Waals surface area (Å²) in [5, 5.41) is 9.38. The van der Waals surface area contributed by atoms with Crippen molar-refractivity contribution in [1.29, 1.82) is 0 Å². The minimum Gasteiger partial charge on any atom is -0.357 e. The molecule has 7 nitrogen and oxygen atoms in total. The molecule has 1 atom stereocenters. The Morgan fingerprint density at radius 1 is 1.39 bits per heavy atom. The van der Waals surface area contributed by atoms with E-state index < -0.39 is 0 Å². The molecule has 0 radical (unpaired) electrons. The van der Waals surface area contributed by atoms with Gasteiger partial charge < -0.3 is 10.6 Å². The number of hydrogen-bond acceptors (Lipinski definition) is 7. The Balaban J connectivity index is 2.01. The van der Waals surface area contributed by atoms with Crippen molar-refractivity contribution in [3.8, 4) is 0 Å². The SMILES string of the molecule is CCN(CC)c1[nH]ncc1C1=CSC(N)N1c1nccc(C)n1. The first-order valence-electron chi connectivity index (χ1n) is 7.64. The van der Waals surface area contributed by atoms with Crippen molar-refractivity contribution in [2.45, 2.75) is 26.3 Å². The summed E-state index contributed by atoms with van der Waals surface area (Å²) in [6.45, 7) is 8.00. The van der Waals surface area contributed by atoms with Gasteiger partial charge in [0.15, 0.2) is 0 Å². The molecule has 0 aromatic carbocycles. The molecule has 122 valence electrons. The highest BCUT2D eigenvalue weighted by molar-refractivity contribution is 8.03. The van der Waals surface area contributed by atoms with Gasteiger partial charge in [0.2, 0.25) is 5.95 Å². The molecule has 3 heterocycles. The fraction of sp³-hybridized carbons (Fsp3) is 0.400. The average molecular weight is 331 g/mol. The third-order valence-electron chi connectivity index (χ3n) is 3.81. The van der Waals surface area contributed by atoms with Crippen LogP contribution in [0, 0.1) is 6.92 Å². The van der Waals surface area contributed by atoms with E-state index in [9.17, 15) is 0 Å². The first kappa shape index (κ1) is 15.8. The fourth-order valence-corrected chi connectivity index (χ4v) is 3.44. The van der Waals surface area contributed by atoms with E-state index in [0.717, 1.165) is 35.9 Å². The van der Waals surface area contributed by atoms with Crippen LogP contribution in [0.2, 0.25) is 0 Å². The standard InChI is InChI=1S/C15H21N7S/c1-4-21(5-2)13-11(8-18-20-13)12-9-23-14(16)22(12)15-17-7-6-10(3)19-15/h6-9,14H,4-5,16H2,1-3H3,(H,18,20). The largest absolute Gasteiger partial charge is 0.357 e. The van der Waals surface area contributed by atoms with Crippen LogP contribution >= 0.6 is 11.8 Å². The normalized spacial score (nSPS) is 17.5. The van der Waals surface area contributed by atoms with Crippen LogP contribution < -0.4 is 15.5 Å². The predicted octanol–water partition coefficient (Wildman–Crippen LogP) is 2.15. The molecular formula is C15H21N7S. The van der Waals surface area contributed by atoms with Gasteiger partial charge in [-0.25, -0.2) is 9.97 Å². The molecule has 1 aliphatic rings. The van der Waals surface area contributed by atoms with Crippen molar-refractivity contribution in [2.24, 2.45) is 5.73 Å². The maximum absolute atomic E-state index is 6.26. The molecule has 0 spiro atoms. The van der Waals surface area contributed by atoms with E-state index in [1.165, 1.54) is 0 Å². The first-order valence-corrected chi connectivity index (χ1v) is 8.58. The number of nitrogens with one attached hydrogen (secondary N) is 1. The zero-order valence-electron chi connectivity index (χ0n) is 13.5. The molecule has 23 heavy (non-hydrogen) atoms. The maximum atomic E-state index is 6.26. The molecule has 1 unspecified atom stereocenters. The molecule has 3 N–H and O–H groups in total. The van der Waals surface area contributed by atoms with Gasteiger partial charge in [-0.05, 0) is 32.2 Å². The van der Waals surface area contributed by atoms with Gasteiger partial charge in [0.25, 0.3) is 0 Å². The molecule has 0 amide bonds. The lowest BCUT2D eigenvalue weighted by molar-refractivity contribution is 0.835. The fourth-order valence-electron chi connectivity index (χ4n) is 2.60. The maximum Gasteiger partial charge on any atom is 0.232 e. The van der Waals surface area contributed by atoms with Gasteiger partial charge in [-0.1, -0.05) is 11.8 Å². The second-order valence-electron chi connectivity index (χ2n) is 5.20. The molecule has 0 aliphatic carbocycles. The van der Waals surface area contributed by atoms with Crippen LogP contribution in [0.15, 0.2) is 23.9 Å². The van der Waals surface area contributed by atoms with Gasteiger partial charge in [-0.15, -0.1) is 0 Å². The lowest BCUT2D eigenvalue weighted by Gasteiger charge is -2.26. The minimum absolute atomic E-state index is 0.244. The van der Waals surface area contributed by atoms with E-state index in [4.69, 9.17) is 5.73 Å². The van der Waals surface area contributed by atoms with Gasteiger partial charge >= 0.3 is 0 Å². The number of aryl methyl sites for hydroxylation is 1. The highest BCUT2D eigenvalue weighted by Gasteiger charge is 2.31. The van der Waals surface area contributed by atoms with Crippen molar-refractivity contribution in [2.75, 3.05) is 22.9 Å². The molecule has 8 heteroatoms. The minimum atomic E-state index is -0.244. The third kappa shape index (κ3) is 2.91. The van der Waals surface area contributed by atoms with Crippen LogP contribution in [0.1, 0.15) is 25.1 Å². The summed E-state index contributed by atoms with van der Waals surface area (Å²) in [7, 11) is 0. The molecule has 2 aromatic rings. The van der Waals surface area contributed by atoms with Gasteiger partial charge in [0.1, 0.15) is 11.3 Å². The third-order valence-corrected chi connectivity index (χ3v) is 4.65. The Morgan fingerprint density at radius 3 is 2.87 bits per heavy atom. The Morgan fingerprint density at radius 2 is 2.17 bits per heavy atom. The van der Waals surface area contributed by atoms with E-state index in [2.05, 4.69) is 38.9 Å². The number of aromatic nitrogens is 4. The van der Waals surface area contributed by atoms with E-state index >= 15 is 0 Å². The van der Waals surface area contributed by atoms with Crippen molar-refractivity contribution in [1.82, 2.24) is 20.2 Å². The van der Waals surface area contributed by atoms with Gasteiger partial charge in [0, 0.05) is 25.0 Å². The molecule has 2 aromatic heterocycles. The monoisotopic (exact) mass is 331 g/mol. The second-order valence-corrected chi connectivity index (χ2v) is 6.19. The highest BCUT2D eigenvalue weighted by atomic mass is 32.2. The molecule has 0 saturated carbocycles. The van der Waals surface area contributed by atoms with Gasteiger partial charge in [-0.2, -0.15) is 5.10 Å². The number of nitrogens with zero attached hydrogens (tertiary/aromatic N) is 5. The van der Waals surface area contributed by atoms with E-state index in [1.807, 2.05) is 29.5 Å². The molecule has 0 bridgehead atoms. The van der Waals surface area contributed by atoms with Crippen LogP contribution in [0.25, 0.3) is 5.70 Å². The summed E-state index contributed by atoms with van der Waals surface area (Å²) >= 11 is 1.55. The Kier molecular flexibility index (Phi) is 4.53. The van der Waals surface area contributed by atoms with Crippen molar-refractivity contribution < 1.29 is 0 Å². The average Bonchev–Trinajstić information content (AvgIpc) is 3.15. The number of nitrogens with two attached hydrogens (primary N) is 1. The van der Waals surface area contributed by atoms with Crippen LogP contribution in [0.4, 0.5) is 11.8 Å². The highest BCUT2D eigenvalue weighted by Crippen LogP contribution is 2.39. The molecule has 0 fully saturated rings. The summed E-state index contributed by atoms with van der Waals surface area (Å²) in [6.07, 6.45) is 3.59. The Bertz CT molecular complexity index is 707. The molecular weight excluding hydrogens is 310 g/mol. The molecule has 0 saturated heterocycles. The zero-order valence-corrected chi connectivity index (χ0v) is 14.3. The van der Waals surface area contributed by atoms with E-state index in [1.54, 1.807) is 18.0 Å². The van der Waals surface area contributed by atoms with Crippen LogP contribution in [0.5, 0.6) is 0 Å². The number of rotatable bonds is 5. The number of aromatic amines is 1. The quantitative estimate of drug-likeness (QED) is 0.868. The predicted molar refractivity (Wildman–Crippen MR) is 94.9 cm³/mol. The number of thioether (sulfide) groups is 1. The lowest BCUT2D eigenvalue weighted by Crippen LogP contribution is -2.36. The zero-order chi connectivity index (χ0) is 16.4. The number of H-pyrrole nitrogens is 1. The van der Waals surface area contributed by atoms with E-state index in [0.29, 0.717) is 5.95 Å². The van der Waals surface area contributed by atoms with Crippen molar-refractivity contribution >= 4 is 29.2 Å². The second kappa shape index (κ2) is 6.59. The summed E-state index contributed by atoms with van der Waals surface area (Å²) in [5.41, 5.74) is 8.92. The summed E-state index contributed by atoms with van der Waals surface area (Å²) in [5.74, 6) is 1.61. The smallest absolute Gasteiger partial charge is 0.232 e.